The average molecular weight is 462 g/mol. The third kappa shape index (κ3) is 13.7. The first kappa shape index (κ1) is 29.5. The lowest BCUT2D eigenvalue weighted by atomic mass is 9.95. The van der Waals surface area contributed by atoms with Crippen molar-refractivity contribution in [3.05, 3.63) is 29.8 Å². The fourth-order valence-electron chi connectivity index (χ4n) is 4.46. The van der Waals surface area contributed by atoms with Crippen molar-refractivity contribution in [2.75, 3.05) is 26.2 Å². The number of aromatic hydroxyl groups is 1. The van der Waals surface area contributed by atoms with Crippen LogP contribution in [0.3, 0.4) is 0 Å². The molecule has 0 saturated heterocycles. The van der Waals surface area contributed by atoms with Gasteiger partial charge in [0.2, 0.25) is 0 Å². The lowest BCUT2D eigenvalue weighted by Gasteiger charge is -2.30. The predicted octanol–water partition coefficient (Wildman–Crippen LogP) is 7.84. The van der Waals surface area contributed by atoms with Crippen LogP contribution in [0.1, 0.15) is 115 Å². The molecule has 0 radical (unpaired) electrons. The molecule has 1 aromatic rings. The van der Waals surface area contributed by atoms with Gasteiger partial charge in [-0.1, -0.05) is 79.1 Å². The summed E-state index contributed by atoms with van der Waals surface area (Å²) in [6.07, 6.45) is 15.0. The summed E-state index contributed by atoms with van der Waals surface area (Å²) in [7, 11) is 0. The number of phenolic OH excluding ortho intramolecular Hbond substituents is 1. The zero-order chi connectivity index (χ0) is 24.3. The second kappa shape index (κ2) is 18.8. The number of carbonyl (C=O) groups excluding carboxylic acids is 1. The highest BCUT2D eigenvalue weighted by atomic mass is 16.5. The first-order valence-corrected chi connectivity index (χ1v) is 13.7. The van der Waals surface area contributed by atoms with Crippen molar-refractivity contribution >= 4 is 5.97 Å². The molecule has 0 aromatic heterocycles. The fraction of sp³-hybridized carbons (Fsp3) is 0.759. The van der Waals surface area contributed by atoms with E-state index in [0.717, 1.165) is 24.7 Å². The normalized spacial score (nSPS) is 13.2. The van der Waals surface area contributed by atoms with E-state index in [-0.39, 0.29) is 11.7 Å². The van der Waals surface area contributed by atoms with Gasteiger partial charge in [0.25, 0.3) is 0 Å². The Bertz CT molecular complexity index is 583. The predicted molar refractivity (Wildman–Crippen MR) is 140 cm³/mol. The summed E-state index contributed by atoms with van der Waals surface area (Å²) in [6.45, 7) is 13.5. The van der Waals surface area contributed by atoms with Gasteiger partial charge in [-0.25, -0.2) is 4.79 Å². The first-order valence-electron chi connectivity index (χ1n) is 13.7. The zero-order valence-electron chi connectivity index (χ0n) is 22.0. The summed E-state index contributed by atoms with van der Waals surface area (Å²) >= 11 is 0. The van der Waals surface area contributed by atoms with Gasteiger partial charge in [-0.3, -0.25) is 0 Å². The van der Waals surface area contributed by atoms with Crippen LogP contribution in [0.15, 0.2) is 24.3 Å². The van der Waals surface area contributed by atoms with Crippen molar-refractivity contribution in [3.8, 4) is 5.75 Å². The lowest BCUT2D eigenvalue weighted by molar-refractivity contribution is 0.0497. The molecule has 0 aliphatic carbocycles. The van der Waals surface area contributed by atoms with Crippen LogP contribution >= 0.6 is 0 Å². The number of carbonyl (C=O) groups is 1. The Morgan fingerprint density at radius 1 is 0.818 bits per heavy atom. The van der Waals surface area contributed by atoms with Crippen LogP contribution in [0, 0.1) is 11.8 Å². The number of hydrogen-bond donors (Lipinski definition) is 1. The molecule has 1 rings (SSSR count). The number of hydrogen-bond acceptors (Lipinski definition) is 4. The highest BCUT2D eigenvalue weighted by Gasteiger charge is 2.16. The number of ether oxygens (including phenoxy) is 1. The van der Waals surface area contributed by atoms with Crippen LogP contribution in [0.4, 0.5) is 0 Å². The minimum atomic E-state index is -0.309. The van der Waals surface area contributed by atoms with Gasteiger partial charge in [0.05, 0.1) is 12.2 Å². The Morgan fingerprint density at radius 3 is 1.88 bits per heavy atom. The van der Waals surface area contributed by atoms with E-state index in [0.29, 0.717) is 12.2 Å². The molecule has 0 saturated carbocycles. The van der Waals surface area contributed by atoms with Gasteiger partial charge < -0.3 is 14.7 Å². The molecule has 33 heavy (non-hydrogen) atoms. The van der Waals surface area contributed by atoms with Crippen molar-refractivity contribution in [1.82, 2.24) is 4.90 Å². The third-order valence-electron chi connectivity index (χ3n) is 6.82. The molecule has 0 heterocycles. The Balaban J connectivity index is 2.37. The van der Waals surface area contributed by atoms with Crippen LogP contribution in [-0.2, 0) is 4.74 Å². The van der Waals surface area contributed by atoms with E-state index in [9.17, 15) is 9.90 Å². The van der Waals surface area contributed by atoms with E-state index in [1.807, 2.05) is 0 Å². The molecule has 4 nitrogen and oxygen atoms in total. The first-order chi connectivity index (χ1) is 16.0. The number of phenols is 1. The lowest BCUT2D eigenvalue weighted by Crippen LogP contribution is -2.35. The van der Waals surface area contributed by atoms with Crippen LogP contribution in [-0.4, -0.2) is 42.2 Å². The topological polar surface area (TPSA) is 49.8 Å². The molecule has 1 N–H and O–H groups in total. The van der Waals surface area contributed by atoms with Gasteiger partial charge in [0.15, 0.2) is 0 Å². The number of benzene rings is 1. The molecule has 0 amide bonds. The third-order valence-corrected chi connectivity index (χ3v) is 6.82. The molecule has 0 spiro atoms. The smallest absolute Gasteiger partial charge is 0.338 e. The monoisotopic (exact) mass is 461 g/mol. The quantitative estimate of drug-likeness (QED) is 0.159. The Hall–Kier alpha value is -1.55. The minimum Gasteiger partial charge on any atom is -0.508 e. The summed E-state index contributed by atoms with van der Waals surface area (Å²) in [5, 5.41) is 9.32. The molecule has 190 valence electrons. The van der Waals surface area contributed by atoms with Gasteiger partial charge in [-0.05, 0) is 68.3 Å². The van der Waals surface area contributed by atoms with Crippen molar-refractivity contribution in [2.45, 2.75) is 105 Å². The van der Waals surface area contributed by atoms with Crippen molar-refractivity contribution in [2.24, 2.45) is 11.8 Å². The largest absolute Gasteiger partial charge is 0.508 e. The minimum absolute atomic E-state index is 0.159. The van der Waals surface area contributed by atoms with Crippen molar-refractivity contribution < 1.29 is 14.6 Å². The summed E-state index contributed by atoms with van der Waals surface area (Å²) < 4.78 is 5.37. The maximum atomic E-state index is 12.0. The highest BCUT2D eigenvalue weighted by molar-refractivity contribution is 5.89. The second-order valence-electron chi connectivity index (χ2n) is 9.69. The molecule has 2 unspecified atom stereocenters. The Morgan fingerprint density at radius 2 is 1.36 bits per heavy atom. The second-order valence-corrected chi connectivity index (χ2v) is 9.69. The van der Waals surface area contributed by atoms with E-state index in [2.05, 4.69) is 32.6 Å². The Kier molecular flexibility index (Phi) is 16.8. The number of nitrogens with zero attached hydrogens (tertiary/aromatic N) is 1. The molecule has 1 aromatic carbocycles. The van der Waals surface area contributed by atoms with E-state index in [1.165, 1.54) is 96.0 Å². The average Bonchev–Trinajstić information content (AvgIpc) is 2.83. The maximum absolute atomic E-state index is 12.0. The molecular weight excluding hydrogens is 410 g/mol. The van der Waals surface area contributed by atoms with Gasteiger partial charge in [-0.2, -0.15) is 0 Å². The molecule has 4 heteroatoms. The van der Waals surface area contributed by atoms with Crippen LogP contribution < -0.4 is 0 Å². The van der Waals surface area contributed by atoms with E-state index in [1.54, 1.807) is 12.1 Å². The summed E-state index contributed by atoms with van der Waals surface area (Å²) in [5.41, 5.74) is 0.491. The molecule has 0 fully saturated rings. The van der Waals surface area contributed by atoms with Crippen molar-refractivity contribution in [3.63, 3.8) is 0 Å². The van der Waals surface area contributed by atoms with E-state index >= 15 is 0 Å². The molecule has 0 aliphatic rings. The summed E-state index contributed by atoms with van der Waals surface area (Å²) in [4.78, 5) is 14.8. The van der Waals surface area contributed by atoms with Gasteiger partial charge in [0.1, 0.15) is 5.75 Å². The van der Waals surface area contributed by atoms with E-state index in [4.69, 9.17) is 4.74 Å². The highest BCUT2D eigenvalue weighted by Crippen LogP contribution is 2.20. The molecule has 2 atom stereocenters. The number of rotatable bonds is 20. The summed E-state index contributed by atoms with van der Waals surface area (Å²) in [5.74, 6) is 1.50. The van der Waals surface area contributed by atoms with Crippen LogP contribution in [0.2, 0.25) is 0 Å². The molecule has 0 bridgehead atoms. The van der Waals surface area contributed by atoms with Gasteiger partial charge in [-0.15, -0.1) is 0 Å². The van der Waals surface area contributed by atoms with E-state index < -0.39 is 0 Å². The fourth-order valence-corrected chi connectivity index (χ4v) is 4.46. The standard InChI is InChI=1S/C29H51NO3/c1-5-9-15-25(7-3)23-30(24-26(8-4)16-10-6-2)21-13-11-12-14-22-33-29(32)27-17-19-28(31)20-18-27/h17-20,25-26,31H,5-16,21-24H2,1-4H3. The number of esters is 1. The Labute approximate surface area is 204 Å². The molecular formula is C29H51NO3. The summed E-state index contributed by atoms with van der Waals surface area (Å²) in [6, 6.07) is 6.22. The maximum Gasteiger partial charge on any atom is 0.338 e. The van der Waals surface area contributed by atoms with Crippen molar-refractivity contribution in [1.29, 1.82) is 0 Å². The van der Waals surface area contributed by atoms with Gasteiger partial charge in [0, 0.05) is 13.1 Å². The SMILES string of the molecule is CCCCC(CC)CN(CCCCCCOC(=O)c1ccc(O)cc1)CC(CC)CCCC. The van der Waals surface area contributed by atoms with Gasteiger partial charge >= 0.3 is 5.97 Å². The van der Waals surface area contributed by atoms with Crippen LogP contribution in [0.25, 0.3) is 0 Å². The zero-order valence-corrected chi connectivity index (χ0v) is 22.0. The van der Waals surface area contributed by atoms with Crippen LogP contribution in [0.5, 0.6) is 5.75 Å². The number of unbranched alkanes of at least 4 members (excludes halogenated alkanes) is 5. The molecule has 0 aliphatic heterocycles.